The average molecular weight is 737 g/mol. The van der Waals surface area contributed by atoms with Crippen molar-refractivity contribution in [1.29, 1.82) is 0 Å². The number of benzene rings is 3. The Hall–Kier alpha value is -2.84. The molecule has 6 nitrogen and oxygen atoms in total. The van der Waals surface area contributed by atoms with Crippen LogP contribution in [0.15, 0.2) is 47.4 Å². The van der Waals surface area contributed by atoms with Gasteiger partial charge in [0.1, 0.15) is 5.82 Å². The van der Waals surface area contributed by atoms with Crippen molar-refractivity contribution in [1.82, 2.24) is 9.21 Å². The van der Waals surface area contributed by atoms with Crippen molar-refractivity contribution < 1.29 is 39.6 Å². The van der Waals surface area contributed by atoms with E-state index in [1.54, 1.807) is 23.1 Å². The number of hydrogen-bond donors (Lipinski definition) is 0. The molecule has 3 aromatic rings. The second-order valence-electron chi connectivity index (χ2n) is 12.1. The lowest BCUT2D eigenvalue weighted by atomic mass is 9.90. The number of carbonyl (C=O) groups excluding carboxylic acids is 1. The van der Waals surface area contributed by atoms with Gasteiger partial charge >= 0.3 is 0 Å². The number of carbonyl (C=O) groups is 1. The first-order valence-electron chi connectivity index (χ1n) is 15.5. The van der Waals surface area contributed by atoms with Crippen LogP contribution in [0.25, 0.3) is 0 Å². The maximum Gasteiger partial charge on any atom is 0.249 e. The standard InChI is InChI=1S/C33H33Cl2F6N3O3S/c34-25-7-6-24(19-26(25)35)44(13-1-12-42-14-8-21(9-15-42)18-20-2-4-23(36)5-3-20)33(45)22-10-16-43(17-11-22)48(46,47)32-30(40)28(38)27(37)29(39)31(32)41/h2-7,19,21-22H,1,8-18H2. The van der Waals surface area contributed by atoms with Crippen LogP contribution < -0.4 is 4.90 Å². The third-order valence-electron chi connectivity index (χ3n) is 9.05. The van der Waals surface area contributed by atoms with Gasteiger partial charge in [-0.05, 0) is 100.0 Å². The van der Waals surface area contributed by atoms with E-state index in [1.807, 2.05) is 12.1 Å². The fourth-order valence-electron chi connectivity index (χ4n) is 6.34. The van der Waals surface area contributed by atoms with E-state index in [1.165, 1.54) is 12.1 Å². The highest BCUT2D eigenvalue weighted by Crippen LogP contribution is 2.33. The Morgan fingerprint density at radius 2 is 1.35 bits per heavy atom. The number of anilines is 1. The lowest BCUT2D eigenvalue weighted by Gasteiger charge is -2.35. The van der Waals surface area contributed by atoms with E-state index in [0.29, 0.717) is 40.4 Å². The summed E-state index contributed by atoms with van der Waals surface area (Å²) >= 11 is 12.4. The van der Waals surface area contributed by atoms with Crippen molar-refractivity contribution in [3.63, 3.8) is 0 Å². The van der Waals surface area contributed by atoms with Gasteiger partial charge in [-0.2, -0.15) is 4.31 Å². The lowest BCUT2D eigenvalue weighted by molar-refractivity contribution is -0.123. The molecule has 0 aliphatic carbocycles. The van der Waals surface area contributed by atoms with Gasteiger partial charge in [-0.15, -0.1) is 0 Å². The minimum Gasteiger partial charge on any atom is -0.312 e. The molecular weight excluding hydrogens is 703 g/mol. The van der Waals surface area contributed by atoms with E-state index in [2.05, 4.69) is 4.90 Å². The molecule has 0 spiro atoms. The molecule has 3 aromatic carbocycles. The Bertz CT molecular complexity index is 1720. The predicted molar refractivity (Wildman–Crippen MR) is 170 cm³/mol. The molecule has 5 rings (SSSR count). The molecule has 2 heterocycles. The molecule has 1 amide bonds. The minimum absolute atomic E-state index is 0.0488. The van der Waals surface area contributed by atoms with E-state index in [-0.39, 0.29) is 42.7 Å². The number of piperidine rings is 2. The molecule has 0 bridgehead atoms. The molecule has 0 N–H and O–H groups in total. The minimum atomic E-state index is -5.11. The van der Waals surface area contributed by atoms with Crippen LogP contribution in [0.2, 0.25) is 10.0 Å². The first-order valence-corrected chi connectivity index (χ1v) is 17.7. The molecule has 2 aliphatic heterocycles. The van der Waals surface area contributed by atoms with Gasteiger partial charge in [-0.1, -0.05) is 35.3 Å². The van der Waals surface area contributed by atoms with E-state index >= 15 is 0 Å². The first-order chi connectivity index (χ1) is 22.8. The summed E-state index contributed by atoms with van der Waals surface area (Å²) < 4.78 is 110. The zero-order valence-corrected chi connectivity index (χ0v) is 28.0. The molecule has 15 heteroatoms. The maximum absolute atomic E-state index is 14.4. The third-order valence-corrected chi connectivity index (χ3v) is 11.7. The van der Waals surface area contributed by atoms with Crippen molar-refractivity contribution in [3.05, 3.63) is 93.0 Å². The van der Waals surface area contributed by atoms with Crippen LogP contribution in [0.1, 0.15) is 37.7 Å². The second kappa shape index (κ2) is 15.4. The van der Waals surface area contributed by atoms with Crippen molar-refractivity contribution in [2.75, 3.05) is 44.2 Å². The monoisotopic (exact) mass is 735 g/mol. The van der Waals surface area contributed by atoms with Gasteiger partial charge in [0.15, 0.2) is 28.2 Å². The number of nitrogens with zero attached hydrogens (tertiary/aromatic N) is 3. The van der Waals surface area contributed by atoms with Gasteiger partial charge in [0.05, 0.1) is 10.0 Å². The Morgan fingerprint density at radius 1 is 0.771 bits per heavy atom. The summed E-state index contributed by atoms with van der Waals surface area (Å²) in [6.07, 6.45) is 3.37. The van der Waals surface area contributed by atoms with E-state index < -0.39 is 49.9 Å². The van der Waals surface area contributed by atoms with Crippen LogP contribution >= 0.6 is 23.2 Å². The molecule has 2 fully saturated rings. The molecule has 260 valence electrons. The summed E-state index contributed by atoms with van der Waals surface area (Å²) in [4.78, 5) is 15.8. The Labute approximate surface area is 285 Å². The second-order valence-corrected chi connectivity index (χ2v) is 14.8. The molecule has 2 aliphatic rings. The van der Waals surface area contributed by atoms with Crippen molar-refractivity contribution in [2.45, 2.75) is 43.4 Å². The molecular formula is C33H33Cl2F6N3O3S. The molecule has 2 saturated heterocycles. The van der Waals surface area contributed by atoms with Crippen LogP contribution in [0, 0.1) is 46.7 Å². The summed E-state index contributed by atoms with van der Waals surface area (Å²) in [6.45, 7) is 2.04. The molecule has 0 atom stereocenters. The highest BCUT2D eigenvalue weighted by Gasteiger charge is 2.40. The topological polar surface area (TPSA) is 60.9 Å². The smallest absolute Gasteiger partial charge is 0.249 e. The fourth-order valence-corrected chi connectivity index (χ4v) is 8.22. The number of amides is 1. The lowest BCUT2D eigenvalue weighted by Crippen LogP contribution is -2.45. The summed E-state index contributed by atoms with van der Waals surface area (Å²) in [7, 11) is -5.11. The van der Waals surface area contributed by atoms with Crippen LogP contribution in [-0.4, -0.2) is 62.8 Å². The number of likely N-dealkylation sites (tertiary alicyclic amines) is 1. The van der Waals surface area contributed by atoms with Crippen molar-refractivity contribution >= 4 is 44.8 Å². The molecule has 48 heavy (non-hydrogen) atoms. The van der Waals surface area contributed by atoms with E-state index in [9.17, 15) is 39.6 Å². The van der Waals surface area contributed by atoms with Gasteiger partial charge in [0, 0.05) is 31.2 Å². The summed E-state index contributed by atoms with van der Waals surface area (Å²) in [5.41, 5.74) is 1.59. The van der Waals surface area contributed by atoms with Crippen molar-refractivity contribution in [2.24, 2.45) is 11.8 Å². The van der Waals surface area contributed by atoms with Gasteiger partial charge in [0.2, 0.25) is 21.7 Å². The van der Waals surface area contributed by atoms with Crippen LogP contribution in [0.4, 0.5) is 32.0 Å². The Balaban J connectivity index is 1.21. The van der Waals surface area contributed by atoms with Crippen LogP contribution in [-0.2, 0) is 21.2 Å². The highest BCUT2D eigenvalue weighted by molar-refractivity contribution is 7.89. The quantitative estimate of drug-likeness (QED) is 0.122. The zero-order chi connectivity index (χ0) is 34.7. The highest BCUT2D eigenvalue weighted by atomic mass is 35.5. The number of rotatable bonds is 10. The Kier molecular flexibility index (Phi) is 11.7. The predicted octanol–water partition coefficient (Wildman–Crippen LogP) is 7.61. The fraction of sp³-hybridized carbons (Fsp3) is 0.424. The van der Waals surface area contributed by atoms with Gasteiger partial charge < -0.3 is 9.80 Å². The largest absolute Gasteiger partial charge is 0.312 e. The van der Waals surface area contributed by atoms with Crippen molar-refractivity contribution in [3.8, 4) is 0 Å². The zero-order valence-electron chi connectivity index (χ0n) is 25.7. The van der Waals surface area contributed by atoms with E-state index in [0.717, 1.165) is 37.9 Å². The van der Waals surface area contributed by atoms with Crippen LogP contribution in [0.3, 0.4) is 0 Å². The number of sulfonamides is 1. The molecule has 0 saturated carbocycles. The number of halogens is 8. The summed E-state index contributed by atoms with van der Waals surface area (Å²) in [5.74, 6) is -12.8. The van der Waals surface area contributed by atoms with Gasteiger partial charge in [0.25, 0.3) is 0 Å². The summed E-state index contributed by atoms with van der Waals surface area (Å²) in [5, 5.41) is 0.530. The number of hydrogen-bond acceptors (Lipinski definition) is 4. The van der Waals surface area contributed by atoms with Crippen LogP contribution in [0.5, 0.6) is 0 Å². The SMILES string of the molecule is O=C(C1CCN(S(=O)(=O)c2c(F)c(F)c(F)c(F)c2F)CC1)N(CCCN1CCC(Cc2ccc(F)cc2)CC1)c1ccc(Cl)c(Cl)c1. The van der Waals surface area contributed by atoms with E-state index in [4.69, 9.17) is 23.2 Å². The third kappa shape index (κ3) is 7.96. The Morgan fingerprint density at radius 3 is 1.94 bits per heavy atom. The maximum atomic E-state index is 14.4. The average Bonchev–Trinajstić information content (AvgIpc) is 3.07. The normalized spacial score (nSPS) is 17.2. The first kappa shape index (κ1) is 36.4. The van der Waals surface area contributed by atoms with Gasteiger partial charge in [-0.3, -0.25) is 4.79 Å². The molecule has 0 aromatic heterocycles. The molecule has 0 radical (unpaired) electrons. The molecule has 0 unspecified atom stereocenters. The van der Waals surface area contributed by atoms with Gasteiger partial charge in [-0.25, -0.2) is 34.8 Å². The summed E-state index contributed by atoms with van der Waals surface area (Å²) in [6, 6.07) is 11.3.